The Bertz CT molecular complexity index is 558. The molecule has 0 radical (unpaired) electrons. The molecule has 1 N–H and O–H groups in total. The second-order valence-corrected chi connectivity index (χ2v) is 5.90. The molecule has 3 heteroatoms. The Labute approximate surface area is 132 Å². The summed E-state index contributed by atoms with van der Waals surface area (Å²) in [4.78, 5) is 2.44. The normalized spacial score (nSPS) is 22.6. The molecule has 1 heterocycles. The molecular formula is C19H23NO2. The van der Waals surface area contributed by atoms with Crippen LogP contribution in [-0.2, 0) is 17.7 Å². The van der Waals surface area contributed by atoms with Crippen molar-refractivity contribution in [2.75, 3.05) is 19.8 Å². The fraction of sp³-hybridized carbons (Fsp3) is 0.368. The molecule has 2 aromatic carbocycles. The minimum absolute atomic E-state index is 0.0734. The SMILES string of the molecule is OCC1CN(Cc2ccccc2)C(Cc2ccccc2)CO1. The molecule has 1 aliphatic heterocycles. The first-order valence-electron chi connectivity index (χ1n) is 7.89. The van der Waals surface area contributed by atoms with E-state index in [9.17, 15) is 5.11 Å². The molecular weight excluding hydrogens is 274 g/mol. The highest BCUT2D eigenvalue weighted by Crippen LogP contribution is 2.19. The number of rotatable bonds is 5. The first-order chi connectivity index (χ1) is 10.8. The van der Waals surface area contributed by atoms with Crippen molar-refractivity contribution in [3.05, 3.63) is 71.8 Å². The fourth-order valence-electron chi connectivity index (χ4n) is 3.01. The van der Waals surface area contributed by atoms with Gasteiger partial charge >= 0.3 is 0 Å². The molecule has 0 aromatic heterocycles. The fourth-order valence-corrected chi connectivity index (χ4v) is 3.01. The predicted octanol–water partition coefficient (Wildman–Crippen LogP) is 2.49. The number of hydrogen-bond acceptors (Lipinski definition) is 3. The molecule has 2 unspecified atom stereocenters. The van der Waals surface area contributed by atoms with E-state index in [1.54, 1.807) is 0 Å². The zero-order chi connectivity index (χ0) is 15.2. The van der Waals surface area contributed by atoms with Crippen molar-refractivity contribution in [3.8, 4) is 0 Å². The van der Waals surface area contributed by atoms with Gasteiger partial charge in [0.2, 0.25) is 0 Å². The van der Waals surface area contributed by atoms with Gasteiger partial charge in [-0.15, -0.1) is 0 Å². The van der Waals surface area contributed by atoms with Gasteiger partial charge in [-0.05, 0) is 17.5 Å². The van der Waals surface area contributed by atoms with Gasteiger partial charge in [0.15, 0.2) is 0 Å². The van der Waals surface area contributed by atoms with E-state index < -0.39 is 0 Å². The summed E-state index contributed by atoms with van der Waals surface area (Å²) in [7, 11) is 0. The lowest BCUT2D eigenvalue weighted by molar-refractivity contribution is -0.0849. The smallest absolute Gasteiger partial charge is 0.0933 e. The Morgan fingerprint density at radius 2 is 1.59 bits per heavy atom. The maximum atomic E-state index is 9.40. The van der Waals surface area contributed by atoms with Crippen LogP contribution in [0, 0.1) is 0 Å². The number of nitrogens with zero attached hydrogens (tertiary/aromatic N) is 1. The van der Waals surface area contributed by atoms with E-state index in [0.29, 0.717) is 12.6 Å². The molecule has 0 aliphatic carbocycles. The topological polar surface area (TPSA) is 32.7 Å². The number of hydrogen-bond donors (Lipinski definition) is 1. The number of benzene rings is 2. The molecule has 0 saturated carbocycles. The molecule has 22 heavy (non-hydrogen) atoms. The molecule has 0 amide bonds. The lowest BCUT2D eigenvalue weighted by Gasteiger charge is -2.39. The number of morpholine rings is 1. The van der Waals surface area contributed by atoms with Gasteiger partial charge in [-0.25, -0.2) is 0 Å². The summed E-state index contributed by atoms with van der Waals surface area (Å²) >= 11 is 0. The maximum Gasteiger partial charge on any atom is 0.0933 e. The van der Waals surface area contributed by atoms with Crippen molar-refractivity contribution in [1.29, 1.82) is 0 Å². The minimum atomic E-state index is -0.0734. The van der Waals surface area contributed by atoms with Crippen LogP contribution in [0.15, 0.2) is 60.7 Å². The molecule has 3 nitrogen and oxygen atoms in total. The van der Waals surface area contributed by atoms with Gasteiger partial charge in [-0.3, -0.25) is 4.90 Å². The maximum absolute atomic E-state index is 9.40. The molecule has 1 fully saturated rings. The van der Waals surface area contributed by atoms with Gasteiger partial charge in [-0.2, -0.15) is 0 Å². The lowest BCUT2D eigenvalue weighted by atomic mass is 10.0. The quantitative estimate of drug-likeness (QED) is 0.920. The first-order valence-corrected chi connectivity index (χ1v) is 7.89. The van der Waals surface area contributed by atoms with E-state index in [2.05, 4.69) is 53.4 Å². The van der Waals surface area contributed by atoms with Crippen LogP contribution in [0.3, 0.4) is 0 Å². The highest BCUT2D eigenvalue weighted by atomic mass is 16.5. The van der Waals surface area contributed by atoms with Crippen molar-refractivity contribution in [2.45, 2.75) is 25.1 Å². The van der Waals surface area contributed by atoms with Crippen molar-refractivity contribution in [2.24, 2.45) is 0 Å². The van der Waals surface area contributed by atoms with Crippen LogP contribution in [0.2, 0.25) is 0 Å². The number of ether oxygens (including phenoxy) is 1. The highest BCUT2D eigenvalue weighted by Gasteiger charge is 2.28. The molecule has 2 aromatic rings. The lowest BCUT2D eigenvalue weighted by Crippen LogP contribution is -2.51. The Balaban J connectivity index is 1.71. The zero-order valence-electron chi connectivity index (χ0n) is 12.8. The summed E-state index contributed by atoms with van der Waals surface area (Å²) in [5, 5.41) is 9.40. The van der Waals surface area contributed by atoms with Crippen LogP contribution in [-0.4, -0.2) is 41.9 Å². The summed E-state index contributed by atoms with van der Waals surface area (Å²) in [5.41, 5.74) is 2.63. The Hall–Kier alpha value is -1.68. The second-order valence-electron chi connectivity index (χ2n) is 5.90. The standard InChI is InChI=1S/C19H23NO2/c21-14-19-13-20(12-17-9-5-2-6-10-17)18(15-22-19)11-16-7-3-1-4-8-16/h1-10,18-19,21H,11-15H2. The van der Waals surface area contributed by atoms with Crippen LogP contribution < -0.4 is 0 Å². The van der Waals surface area contributed by atoms with E-state index >= 15 is 0 Å². The molecule has 0 spiro atoms. The number of aliphatic hydroxyl groups excluding tert-OH is 1. The predicted molar refractivity (Wildman–Crippen MR) is 87.6 cm³/mol. The third kappa shape index (κ3) is 3.95. The molecule has 116 valence electrons. The molecule has 3 rings (SSSR count). The van der Waals surface area contributed by atoms with E-state index in [1.807, 2.05) is 12.1 Å². The van der Waals surface area contributed by atoms with Crippen LogP contribution in [0.5, 0.6) is 0 Å². The molecule has 1 aliphatic rings. The first kappa shape index (κ1) is 15.2. The van der Waals surface area contributed by atoms with Gasteiger partial charge in [0.25, 0.3) is 0 Å². The minimum Gasteiger partial charge on any atom is -0.394 e. The molecule has 0 bridgehead atoms. The largest absolute Gasteiger partial charge is 0.394 e. The van der Waals surface area contributed by atoms with Crippen molar-refractivity contribution in [3.63, 3.8) is 0 Å². The van der Waals surface area contributed by atoms with Crippen LogP contribution in [0.4, 0.5) is 0 Å². The van der Waals surface area contributed by atoms with Gasteiger partial charge in [0, 0.05) is 19.1 Å². The summed E-state index contributed by atoms with van der Waals surface area (Å²) in [6, 6.07) is 21.4. The molecule has 1 saturated heterocycles. The van der Waals surface area contributed by atoms with E-state index in [0.717, 1.165) is 19.5 Å². The van der Waals surface area contributed by atoms with Crippen LogP contribution in [0.1, 0.15) is 11.1 Å². The van der Waals surface area contributed by atoms with Gasteiger partial charge in [-0.1, -0.05) is 60.7 Å². The Morgan fingerprint density at radius 1 is 0.955 bits per heavy atom. The van der Waals surface area contributed by atoms with Gasteiger partial charge in [0.05, 0.1) is 19.3 Å². The van der Waals surface area contributed by atoms with Gasteiger partial charge < -0.3 is 9.84 Å². The van der Waals surface area contributed by atoms with Crippen LogP contribution >= 0.6 is 0 Å². The van der Waals surface area contributed by atoms with E-state index in [-0.39, 0.29) is 12.7 Å². The third-order valence-electron chi connectivity index (χ3n) is 4.23. The number of aliphatic hydroxyl groups is 1. The van der Waals surface area contributed by atoms with E-state index in [4.69, 9.17) is 4.74 Å². The summed E-state index contributed by atoms with van der Waals surface area (Å²) in [5.74, 6) is 0. The second kappa shape index (κ2) is 7.54. The highest BCUT2D eigenvalue weighted by molar-refractivity contribution is 5.17. The van der Waals surface area contributed by atoms with E-state index in [1.165, 1.54) is 11.1 Å². The molecule has 2 atom stereocenters. The van der Waals surface area contributed by atoms with Crippen molar-refractivity contribution in [1.82, 2.24) is 4.90 Å². The van der Waals surface area contributed by atoms with Gasteiger partial charge in [0.1, 0.15) is 0 Å². The third-order valence-corrected chi connectivity index (χ3v) is 4.23. The Kier molecular flexibility index (Phi) is 5.22. The van der Waals surface area contributed by atoms with Crippen molar-refractivity contribution < 1.29 is 9.84 Å². The summed E-state index contributed by atoms with van der Waals surface area (Å²) in [6.45, 7) is 2.44. The van der Waals surface area contributed by atoms with Crippen LogP contribution in [0.25, 0.3) is 0 Å². The summed E-state index contributed by atoms with van der Waals surface area (Å²) in [6.07, 6.45) is 0.905. The average Bonchev–Trinajstić information content (AvgIpc) is 2.58. The monoisotopic (exact) mass is 297 g/mol. The zero-order valence-corrected chi connectivity index (χ0v) is 12.8. The Morgan fingerprint density at radius 3 is 2.23 bits per heavy atom. The van der Waals surface area contributed by atoms with Crippen molar-refractivity contribution >= 4 is 0 Å². The average molecular weight is 297 g/mol. The summed E-state index contributed by atoms with van der Waals surface area (Å²) < 4.78 is 5.79.